The zero-order chi connectivity index (χ0) is 44.4. The summed E-state index contributed by atoms with van der Waals surface area (Å²) in [5.74, 6) is -0.322. The quantitative estimate of drug-likeness (QED) is 0.0882. The van der Waals surface area contributed by atoms with Crippen LogP contribution in [-0.4, -0.2) is 24.9 Å². The molecule has 0 saturated carbocycles. The summed E-state index contributed by atoms with van der Waals surface area (Å²) in [6, 6.07) is 65.1. The van der Waals surface area contributed by atoms with Crippen LogP contribution in [0.25, 0.3) is 0 Å². The molecule has 8 rings (SSSR count). The minimum atomic E-state index is -0.381. The first-order valence-corrected chi connectivity index (χ1v) is 20.8. The minimum Gasteiger partial charge on any atom is -0.872 e. The van der Waals surface area contributed by atoms with Gasteiger partial charge < -0.3 is 20.4 Å². The molecule has 4 atom stereocenters. The number of aliphatic imine (C=N–C) groups is 4. The van der Waals surface area contributed by atoms with Crippen molar-refractivity contribution < 1.29 is 110 Å². The van der Waals surface area contributed by atoms with Gasteiger partial charge in [0, 0.05) is 24.9 Å². The maximum atomic E-state index is 12.2. The minimum absolute atomic E-state index is 0. The average molecular weight is 1040 g/mol. The number of hydrogen-bond acceptors (Lipinski definition) is 8. The molecule has 0 amide bonds. The Kier molecular flexibility index (Phi) is 21.3. The molecule has 0 bridgehead atoms. The van der Waals surface area contributed by atoms with Gasteiger partial charge in [-0.3, -0.25) is 20.0 Å². The first-order valence-electron chi connectivity index (χ1n) is 20.8. The van der Waals surface area contributed by atoms with E-state index in [0.717, 1.165) is 22.3 Å². The second-order valence-electron chi connectivity index (χ2n) is 14.7. The molecule has 8 aromatic carbocycles. The Morgan fingerprint density at radius 1 is 0.258 bits per heavy atom. The van der Waals surface area contributed by atoms with Gasteiger partial charge in [-0.1, -0.05) is 218 Å². The number of rotatable bonds is 14. The average Bonchev–Trinajstić information content (AvgIpc) is 3.34. The van der Waals surface area contributed by atoms with E-state index in [1.165, 1.54) is 24.3 Å². The second kappa shape index (κ2) is 27.3. The van der Waals surface area contributed by atoms with Crippen LogP contribution in [0.3, 0.4) is 0 Å². The molecule has 0 radical (unpaired) electrons. The molecular formula is C56H44KN4O4Tb. The predicted octanol–water partition coefficient (Wildman–Crippen LogP) is 6.71. The molecule has 8 aromatic rings. The first kappa shape index (κ1) is 51.5. The van der Waals surface area contributed by atoms with Gasteiger partial charge in [-0.05, 0) is 44.5 Å². The molecule has 0 spiro atoms. The van der Waals surface area contributed by atoms with Crippen molar-refractivity contribution >= 4 is 24.9 Å². The third-order valence-corrected chi connectivity index (χ3v) is 10.3. The number of para-hydroxylation sites is 4. The fourth-order valence-electron chi connectivity index (χ4n) is 6.99. The van der Waals surface area contributed by atoms with E-state index in [9.17, 15) is 20.4 Å². The maximum absolute atomic E-state index is 12.2. The van der Waals surface area contributed by atoms with E-state index in [1.54, 1.807) is 73.4 Å². The van der Waals surface area contributed by atoms with Crippen LogP contribution in [0.5, 0.6) is 23.0 Å². The van der Waals surface area contributed by atoms with Gasteiger partial charge >= 0.3 is 90.0 Å². The number of nitrogens with zero attached hydrogens (tertiary/aromatic N) is 4. The van der Waals surface area contributed by atoms with E-state index in [1.807, 2.05) is 146 Å². The van der Waals surface area contributed by atoms with E-state index in [2.05, 4.69) is 0 Å². The molecule has 0 aromatic heterocycles. The van der Waals surface area contributed by atoms with E-state index in [-0.39, 0.29) is 137 Å². The van der Waals surface area contributed by atoms with Crippen molar-refractivity contribution in [2.75, 3.05) is 0 Å². The summed E-state index contributed by atoms with van der Waals surface area (Å²) < 4.78 is 0. The van der Waals surface area contributed by atoms with Gasteiger partial charge in [0.25, 0.3) is 0 Å². The Bertz CT molecular complexity index is 2420. The topological polar surface area (TPSA) is 142 Å². The smallest absolute Gasteiger partial charge is 0.872 e. The van der Waals surface area contributed by atoms with Crippen molar-refractivity contribution in [3.05, 3.63) is 263 Å². The van der Waals surface area contributed by atoms with Crippen LogP contribution < -0.4 is 71.8 Å². The second-order valence-corrected chi connectivity index (χ2v) is 14.7. The zero-order valence-electron chi connectivity index (χ0n) is 36.2. The summed E-state index contributed by atoms with van der Waals surface area (Å²) >= 11 is 0. The number of benzene rings is 8. The van der Waals surface area contributed by atoms with Crippen LogP contribution in [0.15, 0.2) is 238 Å². The monoisotopic (exact) mass is 1030 g/mol. The van der Waals surface area contributed by atoms with Gasteiger partial charge in [-0.25, -0.2) is 0 Å². The van der Waals surface area contributed by atoms with Gasteiger partial charge in [-0.15, -0.1) is 23.0 Å². The van der Waals surface area contributed by atoms with Crippen LogP contribution in [-0.2, 0) is 0 Å². The molecule has 0 heterocycles. The first-order chi connectivity index (χ1) is 31.4. The molecule has 0 N–H and O–H groups in total. The van der Waals surface area contributed by atoms with Gasteiger partial charge in [0.15, 0.2) is 0 Å². The van der Waals surface area contributed by atoms with Gasteiger partial charge in [0.2, 0.25) is 0 Å². The fraction of sp³-hybridized carbons (Fsp3) is 0.0714. The largest absolute Gasteiger partial charge is 3.00 e. The molecule has 322 valence electrons. The van der Waals surface area contributed by atoms with Crippen LogP contribution >= 0.6 is 0 Å². The molecule has 8 nitrogen and oxygen atoms in total. The third-order valence-electron chi connectivity index (χ3n) is 10.3. The van der Waals surface area contributed by atoms with E-state index >= 15 is 0 Å². The molecule has 66 heavy (non-hydrogen) atoms. The Labute approximate surface area is 459 Å². The Morgan fingerprint density at radius 3 is 0.606 bits per heavy atom. The molecule has 0 aliphatic carbocycles. The third kappa shape index (κ3) is 14.8. The normalized spacial score (nSPS) is 13.0. The predicted molar refractivity (Wildman–Crippen MR) is 251 cm³/mol. The molecule has 10 heteroatoms. The Hall–Kier alpha value is -5.44. The Morgan fingerprint density at radius 2 is 0.424 bits per heavy atom. The summed E-state index contributed by atoms with van der Waals surface area (Å²) in [7, 11) is 0. The van der Waals surface area contributed by atoms with Crippen LogP contribution in [0.1, 0.15) is 68.7 Å². The van der Waals surface area contributed by atoms with Crippen molar-refractivity contribution in [2.24, 2.45) is 20.0 Å². The molecule has 0 aliphatic rings. The summed E-state index contributed by atoms with van der Waals surface area (Å²) in [6.07, 6.45) is 6.47. The van der Waals surface area contributed by atoms with Crippen molar-refractivity contribution in [3.8, 4) is 23.0 Å². The Balaban J connectivity index is 0.000000240. The van der Waals surface area contributed by atoms with Gasteiger partial charge in [0.05, 0.1) is 0 Å². The maximum Gasteiger partial charge on any atom is 3.00 e. The van der Waals surface area contributed by atoms with Crippen LogP contribution in [0, 0.1) is 38.6 Å². The van der Waals surface area contributed by atoms with E-state index in [4.69, 9.17) is 20.0 Å². The van der Waals surface area contributed by atoms with Crippen molar-refractivity contribution in [1.29, 1.82) is 0 Å². The molecule has 0 fully saturated rings. The van der Waals surface area contributed by atoms with Crippen LogP contribution in [0.4, 0.5) is 0 Å². The molecular weight excluding hydrogens is 991 g/mol. The molecule has 0 saturated heterocycles. The SMILES string of the molecule is [K+].[O-]c1ccccc1C=N[C@H](c1ccccc1)[C@H](N=Cc1ccccc1[O-])c1ccccc1.[O-]c1ccccc1C=N[C@H](c1ccccc1)[C@H](N=Cc1ccccc1[O-])c1ccccc1.[Tb+3]. The summed E-state index contributed by atoms with van der Waals surface area (Å²) in [5.41, 5.74) is 5.95. The van der Waals surface area contributed by atoms with E-state index in [0.29, 0.717) is 22.3 Å². The van der Waals surface area contributed by atoms with Crippen LogP contribution in [0.2, 0.25) is 0 Å². The van der Waals surface area contributed by atoms with Crippen molar-refractivity contribution in [2.45, 2.75) is 24.2 Å². The van der Waals surface area contributed by atoms with Gasteiger partial charge in [0.1, 0.15) is 24.2 Å². The zero-order valence-corrected chi connectivity index (χ0v) is 41.4. The summed E-state index contributed by atoms with van der Waals surface area (Å²) in [6.45, 7) is 0. The summed E-state index contributed by atoms with van der Waals surface area (Å²) in [5, 5.41) is 48.8. The number of hydrogen-bond donors (Lipinski definition) is 0. The standard InChI is InChI=1S/2C28H24N2O2.K.Tb/c2*31-25-17-9-7-15-23(25)19-29-27(21-11-3-1-4-12-21)28(22-13-5-2-6-14-22)30-20-24-16-8-10-18-26(24)32;;/h2*1-20,27-28,31-32H;;/q;;+1;+3/p-4/t2*27-,28-;;/m11../s1. The fourth-order valence-corrected chi connectivity index (χ4v) is 6.99. The van der Waals surface area contributed by atoms with Gasteiger partial charge in [-0.2, -0.15) is 0 Å². The molecule has 0 aliphatic heterocycles. The van der Waals surface area contributed by atoms with E-state index < -0.39 is 0 Å². The summed E-state index contributed by atoms with van der Waals surface area (Å²) in [4.78, 5) is 19.3. The van der Waals surface area contributed by atoms with Crippen molar-refractivity contribution in [3.63, 3.8) is 0 Å². The molecule has 0 unspecified atom stereocenters. The van der Waals surface area contributed by atoms with Crippen molar-refractivity contribution in [1.82, 2.24) is 0 Å².